The molecule has 1 atom stereocenters. The SMILES string of the molecule is Cc1cc(C)c(NC(=O)[C@H](C)OC(=O)c2ccc(C)c(S(=O)(=O)N3CCCCC3)c2)c(C)c1. The van der Waals surface area contributed by atoms with Gasteiger partial charge < -0.3 is 10.1 Å². The van der Waals surface area contributed by atoms with Crippen LogP contribution in [0.15, 0.2) is 35.2 Å². The van der Waals surface area contributed by atoms with E-state index in [9.17, 15) is 18.0 Å². The monoisotopic (exact) mass is 472 g/mol. The van der Waals surface area contributed by atoms with Gasteiger partial charge in [-0.15, -0.1) is 0 Å². The Morgan fingerprint density at radius 2 is 1.55 bits per heavy atom. The summed E-state index contributed by atoms with van der Waals surface area (Å²) < 4.78 is 33.1. The minimum Gasteiger partial charge on any atom is -0.449 e. The predicted molar refractivity (Wildman–Crippen MR) is 128 cm³/mol. The van der Waals surface area contributed by atoms with Gasteiger partial charge in [0.1, 0.15) is 0 Å². The van der Waals surface area contributed by atoms with Crippen molar-refractivity contribution in [2.45, 2.75) is 64.9 Å². The van der Waals surface area contributed by atoms with Gasteiger partial charge in [-0.1, -0.05) is 30.2 Å². The smallest absolute Gasteiger partial charge is 0.338 e. The molecule has 0 aliphatic carbocycles. The molecule has 7 nitrogen and oxygen atoms in total. The van der Waals surface area contributed by atoms with Crippen LogP contribution in [-0.4, -0.2) is 43.8 Å². The third-order valence-electron chi connectivity index (χ3n) is 5.93. The average molecular weight is 473 g/mol. The van der Waals surface area contributed by atoms with Crippen LogP contribution in [0.3, 0.4) is 0 Å². The van der Waals surface area contributed by atoms with Gasteiger partial charge in [0, 0.05) is 18.8 Å². The second kappa shape index (κ2) is 10.1. The fourth-order valence-electron chi connectivity index (χ4n) is 4.13. The fourth-order valence-corrected chi connectivity index (χ4v) is 5.90. The van der Waals surface area contributed by atoms with Crippen LogP contribution in [0, 0.1) is 27.7 Å². The Kier molecular flexibility index (Phi) is 7.59. The van der Waals surface area contributed by atoms with E-state index >= 15 is 0 Å². The van der Waals surface area contributed by atoms with E-state index in [4.69, 9.17) is 4.74 Å². The molecule has 0 aromatic heterocycles. The summed E-state index contributed by atoms with van der Waals surface area (Å²) in [7, 11) is -3.70. The zero-order valence-corrected chi connectivity index (χ0v) is 20.7. The van der Waals surface area contributed by atoms with Gasteiger partial charge in [0.2, 0.25) is 10.0 Å². The molecule has 8 heteroatoms. The van der Waals surface area contributed by atoms with Crippen LogP contribution in [0.25, 0.3) is 0 Å². The average Bonchev–Trinajstić information content (AvgIpc) is 2.76. The Morgan fingerprint density at radius 3 is 2.15 bits per heavy atom. The number of carbonyl (C=O) groups is 2. The summed E-state index contributed by atoms with van der Waals surface area (Å²) in [6.45, 7) is 9.94. The zero-order chi connectivity index (χ0) is 24.3. The van der Waals surface area contributed by atoms with Crippen molar-refractivity contribution in [2.75, 3.05) is 18.4 Å². The lowest BCUT2D eigenvalue weighted by Crippen LogP contribution is -2.36. The number of nitrogens with one attached hydrogen (secondary N) is 1. The molecule has 2 aromatic rings. The Labute approximate surface area is 196 Å². The number of sulfonamides is 1. The van der Waals surface area contributed by atoms with Crippen LogP contribution in [0.1, 0.15) is 58.8 Å². The number of benzene rings is 2. The molecule has 3 rings (SSSR count). The highest BCUT2D eigenvalue weighted by atomic mass is 32.2. The quantitative estimate of drug-likeness (QED) is 0.634. The molecule has 0 spiro atoms. The van der Waals surface area contributed by atoms with Gasteiger partial charge in [-0.05, 0) is 76.3 Å². The predicted octanol–water partition coefficient (Wildman–Crippen LogP) is 4.28. The van der Waals surface area contributed by atoms with Crippen molar-refractivity contribution in [3.05, 3.63) is 58.1 Å². The molecule has 2 aromatic carbocycles. The van der Waals surface area contributed by atoms with Gasteiger partial charge in [-0.2, -0.15) is 4.31 Å². The molecule has 1 saturated heterocycles. The number of rotatable bonds is 6. The molecule has 1 fully saturated rings. The van der Waals surface area contributed by atoms with Crippen molar-refractivity contribution in [1.82, 2.24) is 4.31 Å². The van der Waals surface area contributed by atoms with Crippen molar-refractivity contribution in [3.8, 4) is 0 Å². The molecule has 1 aliphatic heterocycles. The van der Waals surface area contributed by atoms with Gasteiger partial charge in [-0.25, -0.2) is 13.2 Å². The zero-order valence-electron chi connectivity index (χ0n) is 19.9. The maximum absolute atomic E-state index is 13.1. The summed E-state index contributed by atoms with van der Waals surface area (Å²) in [5.41, 5.74) is 4.29. The number of amides is 1. The summed E-state index contributed by atoms with van der Waals surface area (Å²) >= 11 is 0. The van der Waals surface area contributed by atoms with E-state index in [1.54, 1.807) is 13.0 Å². The van der Waals surface area contributed by atoms with Crippen molar-refractivity contribution in [3.63, 3.8) is 0 Å². The molecule has 178 valence electrons. The van der Waals surface area contributed by atoms with Gasteiger partial charge >= 0.3 is 5.97 Å². The summed E-state index contributed by atoms with van der Waals surface area (Å²) in [6, 6.07) is 8.40. The highest BCUT2D eigenvalue weighted by Gasteiger charge is 2.29. The third-order valence-corrected chi connectivity index (χ3v) is 7.98. The summed E-state index contributed by atoms with van der Waals surface area (Å²) in [6.07, 6.45) is 1.61. The van der Waals surface area contributed by atoms with E-state index in [2.05, 4.69) is 5.32 Å². The van der Waals surface area contributed by atoms with Crippen LogP contribution in [0.2, 0.25) is 0 Å². The number of anilines is 1. The summed E-state index contributed by atoms with van der Waals surface area (Å²) in [4.78, 5) is 25.5. The molecule has 1 heterocycles. The molecule has 33 heavy (non-hydrogen) atoms. The molecular formula is C25H32N2O5S. The minimum absolute atomic E-state index is 0.0959. The topological polar surface area (TPSA) is 92.8 Å². The van der Waals surface area contributed by atoms with Crippen LogP contribution in [0.5, 0.6) is 0 Å². The van der Waals surface area contributed by atoms with Crippen molar-refractivity contribution >= 4 is 27.6 Å². The lowest BCUT2D eigenvalue weighted by atomic mass is 10.0. The van der Waals surface area contributed by atoms with Crippen LogP contribution in [0.4, 0.5) is 5.69 Å². The molecule has 0 saturated carbocycles. The highest BCUT2D eigenvalue weighted by Crippen LogP contribution is 2.25. The van der Waals surface area contributed by atoms with E-state index in [-0.39, 0.29) is 10.5 Å². The third kappa shape index (κ3) is 5.62. The van der Waals surface area contributed by atoms with Crippen molar-refractivity contribution in [2.24, 2.45) is 0 Å². The lowest BCUT2D eigenvalue weighted by Gasteiger charge is -2.26. The number of aryl methyl sites for hydroxylation is 4. The van der Waals surface area contributed by atoms with E-state index in [0.29, 0.717) is 24.3 Å². The van der Waals surface area contributed by atoms with Gasteiger partial charge in [0.15, 0.2) is 6.10 Å². The number of hydrogen-bond acceptors (Lipinski definition) is 5. The highest BCUT2D eigenvalue weighted by molar-refractivity contribution is 7.89. The molecule has 0 bridgehead atoms. The Morgan fingerprint density at radius 1 is 0.939 bits per heavy atom. The van der Waals surface area contributed by atoms with E-state index in [0.717, 1.165) is 36.0 Å². The molecule has 1 N–H and O–H groups in total. The van der Waals surface area contributed by atoms with Crippen LogP contribution < -0.4 is 5.32 Å². The Hall–Kier alpha value is -2.71. The van der Waals surface area contributed by atoms with Gasteiger partial charge in [0.25, 0.3) is 5.91 Å². The molecule has 1 amide bonds. The minimum atomic E-state index is -3.70. The largest absolute Gasteiger partial charge is 0.449 e. The number of piperidine rings is 1. The maximum Gasteiger partial charge on any atom is 0.338 e. The lowest BCUT2D eigenvalue weighted by molar-refractivity contribution is -0.123. The standard InChI is InChI=1S/C25H32N2O5S/c1-16-13-18(3)23(19(4)14-16)26-24(28)20(5)32-25(29)21-10-9-17(2)22(15-21)33(30,31)27-11-7-6-8-12-27/h9-10,13-15,20H,6-8,11-12H2,1-5H3,(H,26,28)/t20-/m0/s1. The number of hydrogen-bond donors (Lipinski definition) is 1. The number of esters is 1. The number of ether oxygens (including phenoxy) is 1. The Bertz CT molecular complexity index is 1140. The normalized spacial score (nSPS) is 15.7. The van der Waals surface area contributed by atoms with E-state index < -0.39 is 28.0 Å². The van der Waals surface area contributed by atoms with Crippen LogP contribution in [-0.2, 0) is 19.6 Å². The van der Waals surface area contributed by atoms with Crippen LogP contribution >= 0.6 is 0 Å². The van der Waals surface area contributed by atoms with Gasteiger partial charge in [-0.3, -0.25) is 4.79 Å². The summed E-state index contributed by atoms with van der Waals surface area (Å²) in [5, 5.41) is 2.83. The fraction of sp³-hybridized carbons (Fsp3) is 0.440. The summed E-state index contributed by atoms with van der Waals surface area (Å²) in [5.74, 6) is -1.20. The first-order chi connectivity index (χ1) is 15.5. The second-order valence-corrected chi connectivity index (χ2v) is 10.7. The molecule has 0 unspecified atom stereocenters. The first-order valence-electron chi connectivity index (χ1n) is 11.2. The maximum atomic E-state index is 13.1. The first kappa shape index (κ1) is 24.9. The van der Waals surface area contributed by atoms with Crippen molar-refractivity contribution in [1.29, 1.82) is 0 Å². The number of nitrogens with zero attached hydrogens (tertiary/aromatic N) is 1. The van der Waals surface area contributed by atoms with Gasteiger partial charge in [0.05, 0.1) is 10.5 Å². The second-order valence-electron chi connectivity index (χ2n) is 8.76. The van der Waals surface area contributed by atoms with Crippen molar-refractivity contribution < 1.29 is 22.7 Å². The van der Waals surface area contributed by atoms with E-state index in [1.807, 2.05) is 32.9 Å². The Balaban J connectivity index is 1.75. The molecule has 0 radical (unpaired) electrons. The molecular weight excluding hydrogens is 440 g/mol. The molecule has 1 aliphatic rings. The van der Waals surface area contributed by atoms with E-state index in [1.165, 1.54) is 23.4 Å². The number of carbonyl (C=O) groups excluding carboxylic acids is 2. The first-order valence-corrected chi connectivity index (χ1v) is 12.6.